The first-order valence-corrected chi connectivity index (χ1v) is 11.2. The van der Waals surface area contributed by atoms with Crippen LogP contribution < -0.4 is 19.1 Å². The Balaban J connectivity index is 2.28. The van der Waals surface area contributed by atoms with Crippen LogP contribution in [-0.4, -0.2) is 40.3 Å². The highest BCUT2D eigenvalue weighted by molar-refractivity contribution is 7.92. The number of hydrogen-bond acceptors (Lipinski definition) is 5. The van der Waals surface area contributed by atoms with E-state index < -0.39 is 22.0 Å². The first kappa shape index (κ1) is 22.8. The fraction of sp³-hybridized carbons (Fsp3) is 0.350. The van der Waals surface area contributed by atoms with E-state index in [0.29, 0.717) is 23.1 Å². The number of amides is 1. The van der Waals surface area contributed by atoms with E-state index in [1.807, 2.05) is 31.2 Å². The maximum Gasteiger partial charge on any atom is 0.243 e. The molecule has 2 rings (SSSR count). The van der Waals surface area contributed by atoms with Gasteiger partial charge >= 0.3 is 0 Å². The Morgan fingerprint density at radius 2 is 1.90 bits per heavy atom. The smallest absolute Gasteiger partial charge is 0.243 e. The van der Waals surface area contributed by atoms with Gasteiger partial charge in [-0.25, -0.2) is 8.42 Å². The van der Waals surface area contributed by atoms with Crippen LogP contribution in [0.15, 0.2) is 42.5 Å². The van der Waals surface area contributed by atoms with Crippen molar-refractivity contribution in [2.45, 2.75) is 26.4 Å². The van der Waals surface area contributed by atoms with Gasteiger partial charge in [0.25, 0.3) is 0 Å². The second kappa shape index (κ2) is 9.84. The van der Waals surface area contributed by atoms with Crippen molar-refractivity contribution in [2.75, 3.05) is 24.3 Å². The normalized spacial score (nSPS) is 12.2. The standard InChI is InChI=1S/C20H25ClN2O5S/c1-5-28-18-9-7-6-8-15(18)13-22-20(24)14(2)23(29(4,25)26)17-12-16(21)10-11-19(17)27-3/h6-12,14H,5,13H2,1-4H3,(H,22,24)/t14-/m0/s1. The molecule has 1 atom stereocenters. The van der Waals surface area contributed by atoms with Gasteiger partial charge in [0.1, 0.15) is 17.5 Å². The van der Waals surface area contributed by atoms with Crippen molar-refractivity contribution < 1.29 is 22.7 Å². The molecule has 29 heavy (non-hydrogen) atoms. The Labute approximate surface area is 176 Å². The summed E-state index contributed by atoms with van der Waals surface area (Å²) in [7, 11) is -2.38. The van der Waals surface area contributed by atoms with Crippen molar-refractivity contribution in [1.82, 2.24) is 5.32 Å². The van der Waals surface area contributed by atoms with E-state index in [4.69, 9.17) is 21.1 Å². The zero-order valence-electron chi connectivity index (χ0n) is 16.8. The minimum atomic E-state index is -3.80. The van der Waals surface area contributed by atoms with E-state index in [-0.39, 0.29) is 12.2 Å². The Kier molecular flexibility index (Phi) is 7.75. The summed E-state index contributed by atoms with van der Waals surface area (Å²) in [5.74, 6) is 0.490. The Morgan fingerprint density at radius 1 is 1.21 bits per heavy atom. The van der Waals surface area contributed by atoms with Crippen LogP contribution in [0.25, 0.3) is 0 Å². The van der Waals surface area contributed by atoms with Gasteiger partial charge in [-0.05, 0) is 38.1 Å². The number of carbonyl (C=O) groups excluding carboxylic acids is 1. The molecule has 158 valence electrons. The number of nitrogens with one attached hydrogen (secondary N) is 1. The van der Waals surface area contributed by atoms with Crippen molar-refractivity contribution in [3.05, 3.63) is 53.1 Å². The van der Waals surface area contributed by atoms with Gasteiger partial charge in [0.2, 0.25) is 15.9 Å². The van der Waals surface area contributed by atoms with Crippen molar-refractivity contribution in [1.29, 1.82) is 0 Å². The molecule has 0 fully saturated rings. The maximum absolute atomic E-state index is 12.8. The summed E-state index contributed by atoms with van der Waals surface area (Å²) >= 11 is 6.05. The molecule has 0 bridgehead atoms. The van der Waals surface area contributed by atoms with Gasteiger partial charge in [-0.2, -0.15) is 0 Å². The van der Waals surface area contributed by atoms with Gasteiger partial charge in [0.05, 0.1) is 25.7 Å². The van der Waals surface area contributed by atoms with E-state index in [2.05, 4.69) is 5.32 Å². The molecule has 0 saturated carbocycles. The van der Waals surface area contributed by atoms with Crippen molar-refractivity contribution in [2.24, 2.45) is 0 Å². The lowest BCUT2D eigenvalue weighted by Crippen LogP contribution is -2.47. The molecule has 2 aromatic carbocycles. The third-order valence-electron chi connectivity index (χ3n) is 4.19. The Morgan fingerprint density at radius 3 is 2.52 bits per heavy atom. The fourth-order valence-electron chi connectivity index (χ4n) is 2.89. The van der Waals surface area contributed by atoms with E-state index >= 15 is 0 Å². The van der Waals surface area contributed by atoms with E-state index in [1.54, 1.807) is 12.1 Å². The predicted octanol–water partition coefficient (Wildman–Crippen LogP) is 3.22. The first-order chi connectivity index (χ1) is 13.7. The van der Waals surface area contributed by atoms with Gasteiger partial charge in [-0.1, -0.05) is 29.8 Å². The molecule has 0 saturated heterocycles. The monoisotopic (exact) mass is 440 g/mol. The van der Waals surface area contributed by atoms with Gasteiger partial charge < -0.3 is 14.8 Å². The van der Waals surface area contributed by atoms with Gasteiger partial charge in [-0.3, -0.25) is 9.10 Å². The topological polar surface area (TPSA) is 84.9 Å². The third kappa shape index (κ3) is 5.77. The lowest BCUT2D eigenvalue weighted by atomic mass is 10.2. The molecule has 0 aromatic heterocycles. The zero-order chi connectivity index (χ0) is 21.6. The van der Waals surface area contributed by atoms with E-state index in [9.17, 15) is 13.2 Å². The number of methoxy groups -OCH3 is 1. The van der Waals surface area contributed by atoms with Crippen molar-refractivity contribution in [3.63, 3.8) is 0 Å². The number of hydrogen-bond donors (Lipinski definition) is 1. The number of halogens is 1. The van der Waals surface area contributed by atoms with E-state index in [1.165, 1.54) is 20.1 Å². The number of para-hydroxylation sites is 1. The highest BCUT2D eigenvalue weighted by Crippen LogP contribution is 2.34. The number of rotatable bonds is 9. The summed E-state index contributed by atoms with van der Waals surface area (Å²) in [4.78, 5) is 12.8. The van der Waals surface area contributed by atoms with Crippen LogP contribution in [0.3, 0.4) is 0 Å². The van der Waals surface area contributed by atoms with Crippen LogP contribution in [0.5, 0.6) is 11.5 Å². The minimum absolute atomic E-state index is 0.194. The average Bonchev–Trinajstić information content (AvgIpc) is 2.66. The summed E-state index contributed by atoms with van der Waals surface area (Å²) in [6.45, 7) is 4.08. The molecular weight excluding hydrogens is 416 g/mol. The molecule has 0 aliphatic carbocycles. The lowest BCUT2D eigenvalue weighted by molar-refractivity contribution is -0.122. The molecule has 7 nitrogen and oxygen atoms in total. The summed E-state index contributed by atoms with van der Waals surface area (Å²) in [5, 5.41) is 3.10. The summed E-state index contributed by atoms with van der Waals surface area (Å²) in [6.07, 6.45) is 1.03. The van der Waals surface area contributed by atoms with Crippen LogP contribution in [0.4, 0.5) is 5.69 Å². The third-order valence-corrected chi connectivity index (χ3v) is 5.65. The van der Waals surface area contributed by atoms with Crippen LogP contribution in [0, 0.1) is 0 Å². The van der Waals surface area contributed by atoms with Crippen LogP contribution in [0.2, 0.25) is 5.02 Å². The second-order valence-electron chi connectivity index (χ2n) is 6.31. The Bertz CT molecular complexity index is 965. The zero-order valence-corrected chi connectivity index (χ0v) is 18.4. The molecule has 2 aromatic rings. The average molecular weight is 441 g/mol. The van der Waals surface area contributed by atoms with Crippen LogP contribution >= 0.6 is 11.6 Å². The predicted molar refractivity (Wildman–Crippen MR) is 114 cm³/mol. The quantitative estimate of drug-likeness (QED) is 0.647. The molecule has 1 amide bonds. The molecule has 0 radical (unpaired) electrons. The number of nitrogens with zero attached hydrogens (tertiary/aromatic N) is 1. The Hall–Kier alpha value is -2.45. The van der Waals surface area contributed by atoms with Crippen LogP contribution in [0.1, 0.15) is 19.4 Å². The molecule has 0 spiro atoms. The number of sulfonamides is 1. The molecule has 9 heteroatoms. The maximum atomic E-state index is 12.8. The number of benzene rings is 2. The summed E-state index contributed by atoms with van der Waals surface area (Å²) in [5.41, 5.74) is 0.987. The highest BCUT2D eigenvalue weighted by Gasteiger charge is 2.31. The SMILES string of the molecule is CCOc1ccccc1CNC(=O)[C@H](C)N(c1cc(Cl)ccc1OC)S(C)(=O)=O. The molecule has 0 unspecified atom stereocenters. The lowest BCUT2D eigenvalue weighted by Gasteiger charge is -2.29. The molecule has 0 aliphatic rings. The van der Waals surface area contributed by atoms with Crippen molar-refractivity contribution in [3.8, 4) is 11.5 Å². The molecular formula is C20H25ClN2O5S. The fourth-order valence-corrected chi connectivity index (χ4v) is 4.23. The van der Waals surface area contributed by atoms with Crippen LogP contribution in [-0.2, 0) is 21.4 Å². The molecule has 0 heterocycles. The second-order valence-corrected chi connectivity index (χ2v) is 8.61. The molecule has 0 aliphatic heterocycles. The van der Waals surface area contributed by atoms with Gasteiger partial charge in [-0.15, -0.1) is 0 Å². The van der Waals surface area contributed by atoms with E-state index in [0.717, 1.165) is 16.1 Å². The largest absolute Gasteiger partial charge is 0.495 e. The number of anilines is 1. The summed E-state index contributed by atoms with van der Waals surface area (Å²) in [6, 6.07) is 10.9. The van der Waals surface area contributed by atoms with Crippen molar-refractivity contribution >= 4 is 33.2 Å². The highest BCUT2D eigenvalue weighted by atomic mass is 35.5. The first-order valence-electron chi connectivity index (χ1n) is 9.00. The number of ether oxygens (including phenoxy) is 2. The van der Waals surface area contributed by atoms with Gasteiger partial charge in [0.15, 0.2) is 0 Å². The summed E-state index contributed by atoms with van der Waals surface area (Å²) < 4.78 is 36.8. The minimum Gasteiger partial charge on any atom is -0.495 e. The molecule has 1 N–H and O–H groups in total. The van der Waals surface area contributed by atoms with Gasteiger partial charge in [0, 0.05) is 17.1 Å². The number of carbonyl (C=O) groups is 1.